The van der Waals surface area contributed by atoms with Gasteiger partial charge < -0.3 is 0 Å². The zero-order chi connectivity index (χ0) is 17.7. The molecule has 0 atom stereocenters. The van der Waals surface area contributed by atoms with Gasteiger partial charge in [0.2, 0.25) is 0 Å². The molecule has 0 fully saturated rings. The van der Waals surface area contributed by atoms with Gasteiger partial charge in [0.1, 0.15) is 0 Å². The Kier molecular flexibility index (Phi) is 3.28. The van der Waals surface area contributed by atoms with Crippen LogP contribution >= 0.6 is 0 Å². The van der Waals surface area contributed by atoms with E-state index in [9.17, 15) is 9.59 Å². The first-order chi connectivity index (χ1) is 12.0. The van der Waals surface area contributed by atoms with Crippen molar-refractivity contribution in [3.8, 4) is 0 Å². The third-order valence-electron chi connectivity index (χ3n) is 4.62. The summed E-state index contributed by atoms with van der Waals surface area (Å²) in [6, 6.07) is 10.9. The van der Waals surface area contributed by atoms with E-state index in [0.717, 1.165) is 27.3 Å². The molecule has 25 heavy (non-hydrogen) atoms. The Hall–Kier alpha value is -3.28. The molecule has 2 amide bonds. The maximum atomic E-state index is 12.8. The van der Waals surface area contributed by atoms with E-state index in [1.165, 1.54) is 6.21 Å². The van der Waals surface area contributed by atoms with Crippen LogP contribution in [0.4, 0.5) is 0 Å². The molecule has 0 unspecified atom stereocenters. The van der Waals surface area contributed by atoms with Crippen LogP contribution in [0, 0.1) is 13.8 Å². The molecule has 1 aromatic heterocycles. The number of imide groups is 1. The molecule has 2 aromatic carbocycles. The summed E-state index contributed by atoms with van der Waals surface area (Å²) in [5.74, 6) is -0.825. The molecule has 1 aliphatic rings. The number of nitrogens with zero attached hydrogens (tertiary/aromatic N) is 4. The molecule has 3 aromatic rings. The average molecular weight is 332 g/mol. The third kappa shape index (κ3) is 2.18. The van der Waals surface area contributed by atoms with E-state index in [1.54, 1.807) is 16.8 Å². The lowest BCUT2D eigenvalue weighted by atomic mass is 9.95. The number of aryl methyl sites for hydroxylation is 2. The van der Waals surface area contributed by atoms with Crippen LogP contribution in [-0.4, -0.2) is 32.8 Å². The van der Waals surface area contributed by atoms with E-state index in [-0.39, 0.29) is 0 Å². The monoisotopic (exact) mass is 332 g/mol. The fourth-order valence-electron chi connectivity index (χ4n) is 3.22. The van der Waals surface area contributed by atoms with Crippen LogP contribution in [0.3, 0.4) is 0 Å². The van der Waals surface area contributed by atoms with E-state index >= 15 is 0 Å². The highest BCUT2D eigenvalue weighted by Crippen LogP contribution is 2.30. The van der Waals surface area contributed by atoms with E-state index in [4.69, 9.17) is 0 Å². The van der Waals surface area contributed by atoms with Crippen LogP contribution in [0.5, 0.6) is 0 Å². The first-order valence-corrected chi connectivity index (χ1v) is 7.93. The highest BCUT2D eigenvalue weighted by molar-refractivity contribution is 6.25. The van der Waals surface area contributed by atoms with Gasteiger partial charge in [-0.15, -0.1) is 0 Å². The van der Waals surface area contributed by atoms with Gasteiger partial charge in [-0.2, -0.15) is 15.2 Å². The van der Waals surface area contributed by atoms with Gasteiger partial charge in [0.25, 0.3) is 11.8 Å². The minimum atomic E-state index is -0.412. The predicted octanol–water partition coefficient (Wildman–Crippen LogP) is 2.82. The lowest BCUT2D eigenvalue weighted by Crippen LogP contribution is -2.36. The molecule has 0 radical (unpaired) electrons. The van der Waals surface area contributed by atoms with Gasteiger partial charge in [-0.3, -0.25) is 14.3 Å². The van der Waals surface area contributed by atoms with Crippen molar-refractivity contribution >= 4 is 28.8 Å². The fraction of sp³-hybridized carbons (Fsp3) is 0.158. The van der Waals surface area contributed by atoms with Crippen molar-refractivity contribution in [2.24, 2.45) is 12.1 Å². The fourth-order valence-corrected chi connectivity index (χ4v) is 3.22. The molecule has 6 heteroatoms. The van der Waals surface area contributed by atoms with Gasteiger partial charge in [-0.05, 0) is 31.4 Å². The summed E-state index contributed by atoms with van der Waals surface area (Å²) in [5.41, 5.74) is 3.50. The van der Waals surface area contributed by atoms with Crippen LogP contribution in [0.2, 0.25) is 0 Å². The lowest BCUT2D eigenvalue weighted by Gasteiger charge is -2.22. The molecule has 0 N–H and O–H groups in total. The summed E-state index contributed by atoms with van der Waals surface area (Å²) in [4.78, 5) is 25.6. The Bertz CT molecular complexity index is 1030. The normalized spacial score (nSPS) is 14.1. The van der Waals surface area contributed by atoms with Crippen molar-refractivity contribution in [3.63, 3.8) is 0 Å². The summed E-state index contributed by atoms with van der Waals surface area (Å²) < 4.78 is 1.74. The second-order valence-electron chi connectivity index (χ2n) is 6.08. The molecular weight excluding hydrogens is 316 g/mol. The summed E-state index contributed by atoms with van der Waals surface area (Å²) in [5, 5.41) is 11.0. The van der Waals surface area contributed by atoms with Crippen molar-refractivity contribution < 1.29 is 9.59 Å². The SMILES string of the molecule is Cc1nn(C)c(C)c1/C=N\N1C(=O)c2cccc3cccc(c23)C1=O. The van der Waals surface area contributed by atoms with Crippen LogP contribution in [0.25, 0.3) is 10.8 Å². The molecular formula is C19H16N4O2. The van der Waals surface area contributed by atoms with Gasteiger partial charge in [0.05, 0.1) is 23.0 Å². The molecule has 124 valence electrons. The maximum absolute atomic E-state index is 12.8. The number of rotatable bonds is 2. The van der Waals surface area contributed by atoms with Crippen molar-refractivity contribution in [1.29, 1.82) is 0 Å². The molecule has 6 nitrogen and oxygen atoms in total. The highest BCUT2D eigenvalue weighted by Gasteiger charge is 2.32. The lowest BCUT2D eigenvalue weighted by molar-refractivity contribution is 0.0616. The van der Waals surface area contributed by atoms with Crippen molar-refractivity contribution in [1.82, 2.24) is 14.8 Å². The Morgan fingerprint density at radius 1 is 1.00 bits per heavy atom. The Balaban J connectivity index is 1.82. The summed E-state index contributed by atoms with van der Waals surface area (Å²) in [6.45, 7) is 3.78. The van der Waals surface area contributed by atoms with Gasteiger partial charge in [-0.25, -0.2) is 0 Å². The third-order valence-corrected chi connectivity index (χ3v) is 4.62. The molecule has 4 rings (SSSR count). The number of carbonyl (C=O) groups is 2. The largest absolute Gasteiger partial charge is 0.282 e. The Morgan fingerprint density at radius 3 is 2.12 bits per heavy atom. The molecule has 0 aliphatic carbocycles. The smallest absolute Gasteiger partial charge is 0.272 e. The van der Waals surface area contributed by atoms with E-state index in [0.29, 0.717) is 16.5 Å². The number of hydrogen-bond donors (Lipinski definition) is 0. The van der Waals surface area contributed by atoms with Gasteiger partial charge in [0, 0.05) is 23.7 Å². The van der Waals surface area contributed by atoms with Crippen molar-refractivity contribution in [2.45, 2.75) is 13.8 Å². The first kappa shape index (κ1) is 15.3. The summed E-state index contributed by atoms with van der Waals surface area (Å²) in [7, 11) is 1.84. The summed E-state index contributed by atoms with van der Waals surface area (Å²) >= 11 is 0. The molecule has 0 saturated heterocycles. The average Bonchev–Trinajstić information content (AvgIpc) is 2.85. The molecule has 0 saturated carbocycles. The van der Waals surface area contributed by atoms with Gasteiger partial charge in [0.15, 0.2) is 0 Å². The van der Waals surface area contributed by atoms with E-state index in [2.05, 4.69) is 10.2 Å². The zero-order valence-electron chi connectivity index (χ0n) is 14.1. The van der Waals surface area contributed by atoms with E-state index in [1.807, 2.05) is 45.2 Å². The van der Waals surface area contributed by atoms with Crippen molar-refractivity contribution in [2.75, 3.05) is 0 Å². The number of hydrogen-bond acceptors (Lipinski definition) is 4. The van der Waals surface area contributed by atoms with Gasteiger partial charge >= 0.3 is 0 Å². The molecule has 2 heterocycles. The second-order valence-corrected chi connectivity index (χ2v) is 6.08. The topological polar surface area (TPSA) is 67.6 Å². The van der Waals surface area contributed by atoms with Crippen LogP contribution < -0.4 is 0 Å². The number of amides is 2. The maximum Gasteiger partial charge on any atom is 0.282 e. The molecule has 0 spiro atoms. The van der Waals surface area contributed by atoms with Crippen LogP contribution in [0.15, 0.2) is 41.5 Å². The quantitative estimate of drug-likeness (QED) is 0.535. The predicted molar refractivity (Wildman–Crippen MR) is 94.7 cm³/mol. The van der Waals surface area contributed by atoms with Crippen LogP contribution in [-0.2, 0) is 7.05 Å². The Labute approximate surface area is 144 Å². The first-order valence-electron chi connectivity index (χ1n) is 7.93. The highest BCUT2D eigenvalue weighted by atomic mass is 16.2. The zero-order valence-corrected chi connectivity index (χ0v) is 14.1. The minimum absolute atomic E-state index is 0.412. The molecule has 0 bridgehead atoms. The summed E-state index contributed by atoms with van der Waals surface area (Å²) in [6.07, 6.45) is 1.53. The van der Waals surface area contributed by atoms with Gasteiger partial charge in [-0.1, -0.05) is 24.3 Å². The second kappa shape index (κ2) is 5.37. The standard InChI is InChI=1S/C19H16N4O2/c1-11-16(12(2)22(3)21-11)10-20-23-18(24)14-8-4-6-13-7-5-9-15(17(13)14)19(23)25/h4-10H,1-3H3/b20-10-. The van der Waals surface area contributed by atoms with E-state index < -0.39 is 11.8 Å². The Morgan fingerprint density at radius 2 is 1.60 bits per heavy atom. The molecule has 1 aliphatic heterocycles. The number of hydrazone groups is 1. The van der Waals surface area contributed by atoms with Crippen LogP contribution in [0.1, 0.15) is 37.7 Å². The number of carbonyl (C=O) groups excluding carboxylic acids is 2. The van der Waals surface area contributed by atoms with Crippen molar-refractivity contribution in [3.05, 3.63) is 64.5 Å². The number of benzene rings is 2. The number of aromatic nitrogens is 2. The minimum Gasteiger partial charge on any atom is -0.272 e.